The van der Waals surface area contributed by atoms with E-state index in [4.69, 9.17) is 0 Å². The quantitative estimate of drug-likeness (QED) is 0.820. The minimum Gasteiger partial charge on any atom is -0.355 e. The highest BCUT2D eigenvalue weighted by Crippen LogP contribution is 2.31. The largest absolute Gasteiger partial charge is 0.355 e. The molecule has 1 saturated heterocycles. The molecule has 0 radical (unpaired) electrons. The Balaban J connectivity index is 1.63. The smallest absolute Gasteiger partial charge is 0.223 e. The van der Waals surface area contributed by atoms with E-state index in [1.54, 1.807) is 0 Å². The molecule has 0 unspecified atom stereocenters. The maximum atomic E-state index is 12.2. The lowest BCUT2D eigenvalue weighted by atomic mass is 9.77. The second kappa shape index (κ2) is 8.66. The number of carbonyl (C=O) groups is 2. The Morgan fingerprint density at radius 3 is 2.18 bits per heavy atom. The van der Waals surface area contributed by atoms with Crippen LogP contribution in [0, 0.1) is 17.8 Å². The van der Waals surface area contributed by atoms with Gasteiger partial charge in [0.1, 0.15) is 5.78 Å². The summed E-state index contributed by atoms with van der Waals surface area (Å²) in [5, 5.41) is 3.10. The normalized spacial score (nSPS) is 26.9. The van der Waals surface area contributed by atoms with E-state index >= 15 is 0 Å². The number of nitrogens with zero attached hydrogens (tertiary/aromatic N) is 1. The maximum Gasteiger partial charge on any atom is 0.223 e. The highest BCUT2D eigenvalue weighted by Gasteiger charge is 2.30. The molecule has 126 valence electrons. The average molecular weight is 308 g/mol. The topological polar surface area (TPSA) is 49.4 Å². The lowest BCUT2D eigenvalue weighted by molar-refractivity contribution is -0.131. The van der Waals surface area contributed by atoms with E-state index in [2.05, 4.69) is 10.2 Å². The second-order valence-electron chi connectivity index (χ2n) is 7.30. The Hall–Kier alpha value is -0.900. The zero-order valence-electron chi connectivity index (χ0n) is 14.3. The van der Waals surface area contributed by atoms with Gasteiger partial charge in [0.05, 0.1) is 0 Å². The fourth-order valence-corrected chi connectivity index (χ4v) is 3.78. The SMILES string of the molecule is CC(C)C(=O)C1CCC(C(=O)NCCN2CCCCC2)CC1. The average Bonchev–Trinajstić information content (AvgIpc) is 2.55. The Labute approximate surface area is 135 Å². The Morgan fingerprint density at radius 2 is 1.59 bits per heavy atom. The molecule has 1 N–H and O–H groups in total. The van der Waals surface area contributed by atoms with E-state index in [0.717, 1.165) is 38.8 Å². The summed E-state index contributed by atoms with van der Waals surface area (Å²) in [5.74, 6) is 1.02. The molecule has 1 aliphatic heterocycles. The molecule has 2 aliphatic rings. The molecule has 0 aromatic rings. The summed E-state index contributed by atoms with van der Waals surface area (Å²) in [6.07, 6.45) is 7.46. The van der Waals surface area contributed by atoms with Crippen LogP contribution in [0.15, 0.2) is 0 Å². The van der Waals surface area contributed by atoms with Crippen LogP contribution in [-0.4, -0.2) is 42.8 Å². The van der Waals surface area contributed by atoms with Gasteiger partial charge in [-0.25, -0.2) is 0 Å². The van der Waals surface area contributed by atoms with E-state index in [1.165, 1.54) is 32.4 Å². The fourth-order valence-electron chi connectivity index (χ4n) is 3.78. The molecule has 0 aromatic carbocycles. The molecule has 22 heavy (non-hydrogen) atoms. The predicted octanol–water partition coefficient (Wildman–Crippen LogP) is 2.62. The molecule has 4 heteroatoms. The van der Waals surface area contributed by atoms with Crippen LogP contribution in [0.25, 0.3) is 0 Å². The van der Waals surface area contributed by atoms with Gasteiger partial charge < -0.3 is 10.2 Å². The number of carbonyl (C=O) groups excluding carboxylic acids is 2. The number of hydrogen-bond acceptors (Lipinski definition) is 3. The van der Waals surface area contributed by atoms with Crippen molar-refractivity contribution in [3.05, 3.63) is 0 Å². The van der Waals surface area contributed by atoms with Gasteiger partial charge in [0.15, 0.2) is 0 Å². The Morgan fingerprint density at radius 1 is 1.00 bits per heavy atom. The van der Waals surface area contributed by atoms with Gasteiger partial charge >= 0.3 is 0 Å². The van der Waals surface area contributed by atoms with Crippen LogP contribution in [0.4, 0.5) is 0 Å². The third-order valence-electron chi connectivity index (χ3n) is 5.25. The van der Waals surface area contributed by atoms with Gasteiger partial charge in [-0.1, -0.05) is 20.3 Å². The van der Waals surface area contributed by atoms with E-state index in [-0.39, 0.29) is 23.7 Å². The molecule has 0 aromatic heterocycles. The molecule has 0 spiro atoms. The van der Waals surface area contributed by atoms with Crippen LogP contribution in [0.3, 0.4) is 0 Å². The van der Waals surface area contributed by atoms with Crippen LogP contribution >= 0.6 is 0 Å². The summed E-state index contributed by atoms with van der Waals surface area (Å²) in [7, 11) is 0. The fraction of sp³-hybridized carbons (Fsp3) is 0.889. The molecule has 0 atom stereocenters. The van der Waals surface area contributed by atoms with E-state index in [1.807, 2.05) is 13.8 Å². The number of nitrogens with one attached hydrogen (secondary N) is 1. The molecule has 1 amide bonds. The zero-order chi connectivity index (χ0) is 15.9. The number of piperidine rings is 1. The summed E-state index contributed by atoms with van der Waals surface area (Å²) in [4.78, 5) is 26.7. The third kappa shape index (κ3) is 5.08. The molecule has 1 saturated carbocycles. The van der Waals surface area contributed by atoms with E-state index in [0.29, 0.717) is 5.78 Å². The van der Waals surface area contributed by atoms with Crippen LogP contribution in [-0.2, 0) is 9.59 Å². The van der Waals surface area contributed by atoms with Gasteiger partial charge in [-0.15, -0.1) is 0 Å². The standard InChI is InChI=1S/C18H32N2O2/c1-14(2)17(21)15-6-8-16(9-7-15)18(22)19-10-13-20-11-4-3-5-12-20/h14-16H,3-13H2,1-2H3,(H,19,22). The first-order valence-electron chi connectivity index (χ1n) is 9.11. The number of likely N-dealkylation sites (tertiary alicyclic amines) is 1. The highest BCUT2D eigenvalue weighted by molar-refractivity contribution is 5.83. The minimum atomic E-state index is 0.123. The van der Waals surface area contributed by atoms with Crippen LogP contribution in [0.2, 0.25) is 0 Å². The van der Waals surface area contributed by atoms with Gasteiger partial charge in [0.25, 0.3) is 0 Å². The van der Waals surface area contributed by atoms with Crippen molar-refractivity contribution in [1.82, 2.24) is 10.2 Å². The van der Waals surface area contributed by atoms with Gasteiger partial charge in [-0.05, 0) is 51.6 Å². The molecular weight excluding hydrogens is 276 g/mol. The molecule has 1 aliphatic carbocycles. The number of Topliss-reactive ketones (excluding diaryl/α,β-unsaturated/α-hetero) is 1. The second-order valence-corrected chi connectivity index (χ2v) is 7.30. The van der Waals surface area contributed by atoms with E-state index < -0.39 is 0 Å². The minimum absolute atomic E-state index is 0.123. The molecule has 2 rings (SSSR count). The predicted molar refractivity (Wildman–Crippen MR) is 88.6 cm³/mol. The third-order valence-corrected chi connectivity index (χ3v) is 5.25. The van der Waals surface area contributed by atoms with Gasteiger partial charge in [0.2, 0.25) is 5.91 Å². The number of amides is 1. The van der Waals surface area contributed by atoms with Crippen LogP contribution in [0.1, 0.15) is 58.8 Å². The lowest BCUT2D eigenvalue weighted by Gasteiger charge is -2.29. The molecular formula is C18H32N2O2. The molecule has 0 bridgehead atoms. The first-order chi connectivity index (χ1) is 10.6. The van der Waals surface area contributed by atoms with Gasteiger partial charge in [-0.2, -0.15) is 0 Å². The molecule has 2 fully saturated rings. The van der Waals surface area contributed by atoms with Crippen LogP contribution < -0.4 is 5.32 Å². The van der Waals surface area contributed by atoms with Gasteiger partial charge in [0, 0.05) is 30.8 Å². The Bertz CT molecular complexity index is 367. The van der Waals surface area contributed by atoms with Crippen molar-refractivity contribution in [3.8, 4) is 0 Å². The summed E-state index contributed by atoms with van der Waals surface area (Å²) >= 11 is 0. The van der Waals surface area contributed by atoms with Crippen molar-refractivity contribution < 1.29 is 9.59 Å². The molecule has 4 nitrogen and oxygen atoms in total. The number of ketones is 1. The highest BCUT2D eigenvalue weighted by atomic mass is 16.2. The van der Waals surface area contributed by atoms with Crippen LogP contribution in [0.5, 0.6) is 0 Å². The van der Waals surface area contributed by atoms with Crippen molar-refractivity contribution in [3.63, 3.8) is 0 Å². The summed E-state index contributed by atoms with van der Waals surface area (Å²) in [6, 6.07) is 0. The van der Waals surface area contributed by atoms with Crippen molar-refractivity contribution in [2.45, 2.75) is 58.8 Å². The maximum absolute atomic E-state index is 12.2. The van der Waals surface area contributed by atoms with Crippen molar-refractivity contribution in [2.24, 2.45) is 17.8 Å². The zero-order valence-corrected chi connectivity index (χ0v) is 14.3. The van der Waals surface area contributed by atoms with Crippen molar-refractivity contribution in [1.29, 1.82) is 0 Å². The Kier molecular flexibility index (Phi) is 6.87. The lowest BCUT2D eigenvalue weighted by Crippen LogP contribution is -2.40. The summed E-state index contributed by atoms with van der Waals surface area (Å²) in [6.45, 7) is 8.05. The van der Waals surface area contributed by atoms with Crippen molar-refractivity contribution in [2.75, 3.05) is 26.2 Å². The number of rotatable bonds is 6. The summed E-state index contributed by atoms with van der Waals surface area (Å²) < 4.78 is 0. The monoisotopic (exact) mass is 308 g/mol. The van der Waals surface area contributed by atoms with Gasteiger partial charge in [-0.3, -0.25) is 9.59 Å². The molecule has 1 heterocycles. The number of hydrogen-bond donors (Lipinski definition) is 1. The van der Waals surface area contributed by atoms with Crippen molar-refractivity contribution >= 4 is 11.7 Å². The van der Waals surface area contributed by atoms with E-state index in [9.17, 15) is 9.59 Å². The summed E-state index contributed by atoms with van der Waals surface area (Å²) in [5.41, 5.74) is 0. The first-order valence-corrected chi connectivity index (χ1v) is 9.11. The first kappa shape index (κ1) is 17.5.